The number of rotatable bonds is 2. The first-order valence-corrected chi connectivity index (χ1v) is 3.84. The molecule has 0 spiro atoms. The van der Waals surface area contributed by atoms with E-state index in [9.17, 15) is 0 Å². The van der Waals surface area contributed by atoms with E-state index in [1.54, 1.807) is 14.0 Å². The number of nitrogens with zero attached hydrogens (tertiary/aromatic N) is 1. The summed E-state index contributed by atoms with van der Waals surface area (Å²) in [5.41, 5.74) is 0.384. The summed E-state index contributed by atoms with van der Waals surface area (Å²) in [4.78, 5) is 0. The standard InChI is InChI=1S/C9H16N2O/c1-7(12-5)8(6-10)11-9(2,3)4/h11H,1-5H3/b8-7+. The Kier molecular flexibility index (Phi) is 3.62. The molecule has 0 aliphatic heterocycles. The topological polar surface area (TPSA) is 45.0 Å². The maximum atomic E-state index is 8.74. The number of methoxy groups -OCH3 is 1. The molecule has 0 unspecified atom stereocenters. The highest BCUT2D eigenvalue weighted by Gasteiger charge is 2.12. The van der Waals surface area contributed by atoms with Gasteiger partial charge in [-0.1, -0.05) is 0 Å². The summed E-state index contributed by atoms with van der Waals surface area (Å²) >= 11 is 0. The average Bonchev–Trinajstić information content (AvgIpc) is 1.97. The summed E-state index contributed by atoms with van der Waals surface area (Å²) in [5, 5.41) is 11.8. The van der Waals surface area contributed by atoms with Gasteiger partial charge >= 0.3 is 0 Å². The molecule has 3 nitrogen and oxygen atoms in total. The van der Waals surface area contributed by atoms with Gasteiger partial charge in [-0.2, -0.15) is 5.26 Å². The van der Waals surface area contributed by atoms with Crippen molar-refractivity contribution in [2.45, 2.75) is 33.2 Å². The molecular formula is C9H16N2O. The molecule has 0 radical (unpaired) electrons. The van der Waals surface area contributed by atoms with Gasteiger partial charge in [0.1, 0.15) is 11.8 Å². The number of ether oxygens (including phenoxy) is 1. The van der Waals surface area contributed by atoms with Gasteiger partial charge in [0.15, 0.2) is 5.70 Å². The lowest BCUT2D eigenvalue weighted by Gasteiger charge is -2.21. The van der Waals surface area contributed by atoms with E-state index in [1.807, 2.05) is 20.8 Å². The molecule has 0 heterocycles. The van der Waals surface area contributed by atoms with Crippen LogP contribution in [0.5, 0.6) is 0 Å². The van der Waals surface area contributed by atoms with Crippen molar-refractivity contribution in [3.05, 3.63) is 11.5 Å². The predicted molar refractivity (Wildman–Crippen MR) is 48.2 cm³/mol. The monoisotopic (exact) mass is 168 g/mol. The zero-order valence-electron chi connectivity index (χ0n) is 8.36. The summed E-state index contributed by atoms with van der Waals surface area (Å²) in [6.45, 7) is 7.74. The van der Waals surface area contributed by atoms with Crippen LogP contribution in [-0.4, -0.2) is 12.6 Å². The Balaban J connectivity index is 4.52. The first-order chi connectivity index (χ1) is 5.40. The van der Waals surface area contributed by atoms with Gasteiger partial charge in [-0.3, -0.25) is 0 Å². The SMILES string of the molecule is CO/C(C)=C(\C#N)NC(C)(C)C. The van der Waals surface area contributed by atoms with Crippen molar-refractivity contribution >= 4 is 0 Å². The molecule has 3 heteroatoms. The smallest absolute Gasteiger partial charge is 0.151 e. The van der Waals surface area contributed by atoms with Crippen molar-refractivity contribution in [1.29, 1.82) is 5.26 Å². The number of allylic oxidation sites excluding steroid dienone is 2. The second-order valence-electron chi connectivity index (χ2n) is 3.62. The van der Waals surface area contributed by atoms with Crippen molar-refractivity contribution < 1.29 is 4.74 Å². The number of nitrogens with one attached hydrogen (secondary N) is 1. The Morgan fingerprint density at radius 1 is 1.42 bits per heavy atom. The second-order valence-corrected chi connectivity index (χ2v) is 3.62. The van der Waals surface area contributed by atoms with Gasteiger partial charge in [-0.15, -0.1) is 0 Å². The Morgan fingerprint density at radius 2 is 1.92 bits per heavy atom. The Hall–Kier alpha value is -1.17. The van der Waals surface area contributed by atoms with Crippen molar-refractivity contribution in [3.63, 3.8) is 0 Å². The van der Waals surface area contributed by atoms with E-state index in [-0.39, 0.29) is 5.54 Å². The molecule has 0 aliphatic carbocycles. The zero-order chi connectivity index (χ0) is 9.78. The Bertz CT molecular complexity index is 218. The van der Waals surface area contributed by atoms with Crippen LogP contribution in [-0.2, 0) is 4.74 Å². The summed E-state index contributed by atoms with van der Waals surface area (Å²) in [6, 6.07) is 2.05. The van der Waals surface area contributed by atoms with Gasteiger partial charge in [-0.05, 0) is 27.7 Å². The molecule has 0 rings (SSSR count). The molecule has 0 saturated carbocycles. The summed E-state index contributed by atoms with van der Waals surface area (Å²) < 4.78 is 4.94. The fraction of sp³-hybridized carbons (Fsp3) is 0.667. The van der Waals surface area contributed by atoms with Crippen LogP contribution in [0.2, 0.25) is 0 Å². The maximum absolute atomic E-state index is 8.74. The molecule has 0 saturated heterocycles. The van der Waals surface area contributed by atoms with Crippen LogP contribution in [0.3, 0.4) is 0 Å². The molecule has 0 aliphatic rings. The molecule has 0 bridgehead atoms. The van der Waals surface area contributed by atoms with E-state index in [2.05, 4.69) is 11.4 Å². The lowest BCUT2D eigenvalue weighted by Crippen LogP contribution is -2.35. The largest absolute Gasteiger partial charge is 0.498 e. The fourth-order valence-electron chi connectivity index (χ4n) is 0.672. The van der Waals surface area contributed by atoms with Crippen LogP contribution in [0, 0.1) is 11.3 Å². The Morgan fingerprint density at radius 3 is 2.17 bits per heavy atom. The highest BCUT2D eigenvalue weighted by molar-refractivity contribution is 5.22. The van der Waals surface area contributed by atoms with Crippen molar-refractivity contribution in [2.75, 3.05) is 7.11 Å². The fourth-order valence-corrected chi connectivity index (χ4v) is 0.672. The summed E-state index contributed by atoms with van der Waals surface area (Å²) in [5.74, 6) is 0.618. The van der Waals surface area contributed by atoms with Crippen LogP contribution in [0.4, 0.5) is 0 Å². The number of hydrogen-bond acceptors (Lipinski definition) is 3. The van der Waals surface area contributed by atoms with E-state index < -0.39 is 0 Å². The minimum atomic E-state index is -0.106. The normalized spacial score (nSPS) is 13.0. The van der Waals surface area contributed by atoms with E-state index in [0.717, 1.165) is 0 Å². The third-order valence-electron chi connectivity index (χ3n) is 1.27. The maximum Gasteiger partial charge on any atom is 0.151 e. The summed E-state index contributed by atoms with van der Waals surface area (Å²) in [7, 11) is 1.55. The van der Waals surface area contributed by atoms with Crippen LogP contribution in [0.25, 0.3) is 0 Å². The number of hydrogen-bond donors (Lipinski definition) is 1. The third kappa shape index (κ3) is 3.87. The average molecular weight is 168 g/mol. The second kappa shape index (κ2) is 4.01. The van der Waals surface area contributed by atoms with Crippen LogP contribution in [0.1, 0.15) is 27.7 Å². The van der Waals surface area contributed by atoms with Gasteiger partial charge in [0.2, 0.25) is 0 Å². The van der Waals surface area contributed by atoms with E-state index >= 15 is 0 Å². The summed E-state index contributed by atoms with van der Waals surface area (Å²) in [6.07, 6.45) is 0. The lowest BCUT2D eigenvalue weighted by molar-refractivity contribution is 0.283. The zero-order valence-corrected chi connectivity index (χ0v) is 8.36. The molecule has 1 N–H and O–H groups in total. The van der Waals surface area contributed by atoms with Gasteiger partial charge < -0.3 is 10.1 Å². The minimum absolute atomic E-state index is 0.106. The molecule has 12 heavy (non-hydrogen) atoms. The molecule has 0 aromatic rings. The highest BCUT2D eigenvalue weighted by Crippen LogP contribution is 2.07. The molecule has 68 valence electrons. The Labute approximate surface area is 74.0 Å². The minimum Gasteiger partial charge on any atom is -0.498 e. The van der Waals surface area contributed by atoms with Gasteiger partial charge in [0.05, 0.1) is 7.11 Å². The first-order valence-electron chi connectivity index (χ1n) is 3.84. The van der Waals surface area contributed by atoms with Crippen LogP contribution in [0.15, 0.2) is 11.5 Å². The van der Waals surface area contributed by atoms with Gasteiger partial charge in [0.25, 0.3) is 0 Å². The van der Waals surface area contributed by atoms with Crippen molar-refractivity contribution in [3.8, 4) is 6.07 Å². The van der Waals surface area contributed by atoms with Crippen molar-refractivity contribution in [2.24, 2.45) is 0 Å². The molecular weight excluding hydrogens is 152 g/mol. The number of nitriles is 1. The third-order valence-corrected chi connectivity index (χ3v) is 1.27. The molecule has 0 aromatic carbocycles. The predicted octanol–water partition coefficient (Wildman–Crippen LogP) is 1.78. The van der Waals surface area contributed by atoms with Crippen LogP contribution < -0.4 is 5.32 Å². The molecule has 0 aromatic heterocycles. The van der Waals surface area contributed by atoms with Gasteiger partial charge in [0, 0.05) is 5.54 Å². The molecule has 0 atom stereocenters. The van der Waals surface area contributed by atoms with Crippen molar-refractivity contribution in [1.82, 2.24) is 5.32 Å². The van der Waals surface area contributed by atoms with E-state index in [4.69, 9.17) is 10.00 Å². The van der Waals surface area contributed by atoms with Crippen LogP contribution >= 0.6 is 0 Å². The van der Waals surface area contributed by atoms with E-state index in [0.29, 0.717) is 11.5 Å². The molecule has 0 fully saturated rings. The quantitative estimate of drug-likeness (QED) is 0.505. The first kappa shape index (κ1) is 10.8. The highest BCUT2D eigenvalue weighted by atomic mass is 16.5. The van der Waals surface area contributed by atoms with Gasteiger partial charge in [-0.25, -0.2) is 0 Å². The molecule has 0 amide bonds. The van der Waals surface area contributed by atoms with E-state index in [1.165, 1.54) is 0 Å². The lowest BCUT2D eigenvalue weighted by atomic mass is 10.1.